The van der Waals surface area contributed by atoms with Crippen molar-refractivity contribution in [1.82, 2.24) is 15.6 Å². The van der Waals surface area contributed by atoms with Gasteiger partial charge < -0.3 is 15.4 Å². The van der Waals surface area contributed by atoms with Crippen molar-refractivity contribution in [1.29, 1.82) is 0 Å². The topological polar surface area (TPSA) is 58.5 Å². The molecule has 0 unspecified atom stereocenters. The Labute approximate surface area is 147 Å². The molecular weight excluding hydrogens is 320 g/mol. The predicted molar refractivity (Wildman–Crippen MR) is 99.1 cm³/mol. The van der Waals surface area contributed by atoms with Crippen molar-refractivity contribution in [2.24, 2.45) is 4.99 Å². The molecule has 2 heterocycles. The third-order valence-corrected chi connectivity index (χ3v) is 5.17. The second kappa shape index (κ2) is 7.66. The quantitative estimate of drug-likeness (QED) is 0.647. The molecule has 3 rings (SSSR count). The molecule has 0 aliphatic carbocycles. The standard InChI is InChI=1S/C18H24N4OS/c1-12-17(24-13(2)22-12)11-21-18(19-3)20-8-6-14-4-5-16-15(10-14)7-9-23-16/h4-5,10H,6-9,11H2,1-3H3,(H2,19,20,21). The number of thiazole rings is 1. The molecule has 0 spiro atoms. The van der Waals surface area contributed by atoms with E-state index in [0.29, 0.717) is 0 Å². The maximum absolute atomic E-state index is 5.55. The summed E-state index contributed by atoms with van der Waals surface area (Å²) >= 11 is 1.73. The lowest BCUT2D eigenvalue weighted by molar-refractivity contribution is 0.357. The Kier molecular flexibility index (Phi) is 5.35. The third kappa shape index (κ3) is 4.06. The highest BCUT2D eigenvalue weighted by Crippen LogP contribution is 2.25. The number of rotatable bonds is 5. The van der Waals surface area contributed by atoms with E-state index < -0.39 is 0 Å². The molecule has 2 aromatic rings. The first-order valence-electron chi connectivity index (χ1n) is 8.27. The second-order valence-electron chi connectivity index (χ2n) is 5.88. The van der Waals surface area contributed by atoms with Crippen molar-refractivity contribution in [3.05, 3.63) is 44.9 Å². The van der Waals surface area contributed by atoms with Gasteiger partial charge in [0.15, 0.2) is 5.96 Å². The van der Waals surface area contributed by atoms with E-state index in [-0.39, 0.29) is 0 Å². The van der Waals surface area contributed by atoms with Crippen LogP contribution in [0.2, 0.25) is 0 Å². The number of guanidine groups is 1. The van der Waals surface area contributed by atoms with E-state index in [1.54, 1.807) is 18.4 Å². The van der Waals surface area contributed by atoms with Crippen LogP contribution in [0.4, 0.5) is 0 Å². The van der Waals surface area contributed by atoms with Gasteiger partial charge in [-0.15, -0.1) is 11.3 Å². The minimum absolute atomic E-state index is 0.757. The van der Waals surface area contributed by atoms with Gasteiger partial charge in [-0.1, -0.05) is 12.1 Å². The maximum Gasteiger partial charge on any atom is 0.191 e. The summed E-state index contributed by atoms with van der Waals surface area (Å²) in [5.74, 6) is 1.87. The van der Waals surface area contributed by atoms with Crippen molar-refractivity contribution >= 4 is 17.3 Å². The minimum Gasteiger partial charge on any atom is -0.493 e. The van der Waals surface area contributed by atoms with E-state index in [2.05, 4.69) is 38.8 Å². The fraction of sp³-hybridized carbons (Fsp3) is 0.444. The number of fused-ring (bicyclic) bond motifs is 1. The highest BCUT2D eigenvalue weighted by molar-refractivity contribution is 7.11. The number of benzene rings is 1. The van der Waals surface area contributed by atoms with Crippen LogP contribution in [0.15, 0.2) is 23.2 Å². The van der Waals surface area contributed by atoms with Crippen LogP contribution in [0.3, 0.4) is 0 Å². The van der Waals surface area contributed by atoms with Gasteiger partial charge in [0, 0.05) is 24.9 Å². The third-order valence-electron chi connectivity index (χ3n) is 4.10. The molecule has 0 fully saturated rings. The highest BCUT2D eigenvalue weighted by atomic mass is 32.1. The molecule has 0 amide bonds. The molecule has 0 saturated carbocycles. The highest BCUT2D eigenvalue weighted by Gasteiger charge is 2.12. The lowest BCUT2D eigenvalue weighted by Gasteiger charge is -2.12. The zero-order chi connectivity index (χ0) is 16.9. The molecule has 0 bridgehead atoms. The van der Waals surface area contributed by atoms with Gasteiger partial charge in [0.25, 0.3) is 0 Å². The Bertz CT molecular complexity index is 739. The Morgan fingerprint density at radius 2 is 2.21 bits per heavy atom. The van der Waals surface area contributed by atoms with Gasteiger partial charge in [0.1, 0.15) is 5.75 Å². The van der Waals surface area contributed by atoms with Gasteiger partial charge in [-0.3, -0.25) is 4.99 Å². The molecule has 0 saturated heterocycles. The Morgan fingerprint density at radius 1 is 1.33 bits per heavy atom. The first-order valence-corrected chi connectivity index (χ1v) is 9.09. The molecule has 1 aromatic carbocycles. The number of aryl methyl sites for hydroxylation is 2. The van der Waals surface area contributed by atoms with E-state index in [0.717, 1.165) is 54.9 Å². The van der Waals surface area contributed by atoms with Crippen LogP contribution in [0.25, 0.3) is 0 Å². The first-order chi connectivity index (χ1) is 11.7. The predicted octanol–water partition coefficient (Wildman–Crippen LogP) is 2.60. The molecule has 0 radical (unpaired) electrons. The number of aliphatic imine (C=N–C) groups is 1. The molecule has 5 nitrogen and oxygen atoms in total. The normalized spacial score (nSPS) is 13.5. The molecule has 1 aliphatic heterocycles. The lowest BCUT2D eigenvalue weighted by atomic mass is 10.1. The van der Waals surface area contributed by atoms with Gasteiger partial charge in [0.05, 0.1) is 23.9 Å². The Morgan fingerprint density at radius 3 is 2.96 bits per heavy atom. The van der Waals surface area contributed by atoms with E-state index in [9.17, 15) is 0 Å². The van der Waals surface area contributed by atoms with Crippen molar-refractivity contribution in [2.45, 2.75) is 33.2 Å². The van der Waals surface area contributed by atoms with Gasteiger partial charge in [-0.25, -0.2) is 4.98 Å². The van der Waals surface area contributed by atoms with Crippen molar-refractivity contribution in [2.75, 3.05) is 20.2 Å². The number of hydrogen-bond acceptors (Lipinski definition) is 4. The largest absolute Gasteiger partial charge is 0.493 e. The van der Waals surface area contributed by atoms with E-state index in [1.165, 1.54) is 16.0 Å². The second-order valence-corrected chi connectivity index (χ2v) is 7.17. The molecule has 1 aromatic heterocycles. The van der Waals surface area contributed by atoms with Gasteiger partial charge in [-0.2, -0.15) is 0 Å². The van der Waals surface area contributed by atoms with Crippen LogP contribution in [0.1, 0.15) is 26.7 Å². The Hall–Kier alpha value is -2.08. The first kappa shape index (κ1) is 16.8. The maximum atomic E-state index is 5.55. The number of nitrogens with zero attached hydrogens (tertiary/aromatic N) is 2. The zero-order valence-corrected chi connectivity index (χ0v) is 15.3. The summed E-state index contributed by atoms with van der Waals surface area (Å²) in [6.07, 6.45) is 1.99. The molecule has 2 N–H and O–H groups in total. The summed E-state index contributed by atoms with van der Waals surface area (Å²) in [5, 5.41) is 7.84. The van der Waals surface area contributed by atoms with Crippen LogP contribution in [-0.4, -0.2) is 31.1 Å². The monoisotopic (exact) mass is 344 g/mol. The SMILES string of the molecule is CN=C(NCCc1ccc2c(c1)CCO2)NCc1sc(C)nc1C. The summed E-state index contributed by atoms with van der Waals surface area (Å²) in [7, 11) is 1.80. The fourth-order valence-corrected chi connectivity index (χ4v) is 3.72. The van der Waals surface area contributed by atoms with Crippen molar-refractivity contribution in [3.63, 3.8) is 0 Å². The molecular formula is C18H24N4OS. The summed E-state index contributed by atoms with van der Waals surface area (Å²) in [5.41, 5.74) is 3.75. The number of aromatic nitrogens is 1. The van der Waals surface area contributed by atoms with Crippen LogP contribution < -0.4 is 15.4 Å². The van der Waals surface area contributed by atoms with Gasteiger partial charge in [0.2, 0.25) is 0 Å². The smallest absolute Gasteiger partial charge is 0.191 e. The summed E-state index contributed by atoms with van der Waals surface area (Å²) < 4.78 is 5.55. The van der Waals surface area contributed by atoms with Crippen molar-refractivity contribution in [3.8, 4) is 5.75 Å². The Balaban J connectivity index is 1.47. The lowest BCUT2D eigenvalue weighted by Crippen LogP contribution is -2.37. The molecule has 1 aliphatic rings. The number of ether oxygens (including phenoxy) is 1. The van der Waals surface area contributed by atoms with Crippen LogP contribution in [0.5, 0.6) is 5.75 Å². The van der Waals surface area contributed by atoms with E-state index in [1.807, 2.05) is 13.8 Å². The van der Waals surface area contributed by atoms with Crippen molar-refractivity contribution < 1.29 is 4.74 Å². The van der Waals surface area contributed by atoms with Gasteiger partial charge >= 0.3 is 0 Å². The van der Waals surface area contributed by atoms with Crippen LogP contribution in [-0.2, 0) is 19.4 Å². The average Bonchev–Trinajstić information content (AvgIpc) is 3.16. The molecule has 6 heteroatoms. The summed E-state index contributed by atoms with van der Waals surface area (Å²) in [4.78, 5) is 10.00. The van der Waals surface area contributed by atoms with Crippen LogP contribution in [0, 0.1) is 13.8 Å². The number of hydrogen-bond donors (Lipinski definition) is 2. The summed E-state index contributed by atoms with van der Waals surface area (Å²) in [6.45, 7) is 6.50. The zero-order valence-electron chi connectivity index (χ0n) is 14.5. The van der Waals surface area contributed by atoms with Gasteiger partial charge in [-0.05, 0) is 37.5 Å². The molecule has 0 atom stereocenters. The fourth-order valence-electron chi connectivity index (χ4n) is 2.84. The summed E-state index contributed by atoms with van der Waals surface area (Å²) in [6, 6.07) is 6.48. The van der Waals surface area contributed by atoms with E-state index in [4.69, 9.17) is 4.74 Å². The molecule has 24 heavy (non-hydrogen) atoms. The minimum atomic E-state index is 0.757. The van der Waals surface area contributed by atoms with Crippen LogP contribution >= 0.6 is 11.3 Å². The molecule has 128 valence electrons. The average molecular weight is 344 g/mol. The van der Waals surface area contributed by atoms with E-state index >= 15 is 0 Å². The number of nitrogens with one attached hydrogen (secondary N) is 2.